The largest absolute Gasteiger partial charge is 0.493 e. The van der Waals surface area contributed by atoms with E-state index in [-0.39, 0.29) is 11.4 Å². The molecular formula is C19H17F4N5O2. The summed E-state index contributed by atoms with van der Waals surface area (Å²) in [5.41, 5.74) is -0.356. The molecule has 0 fully saturated rings. The van der Waals surface area contributed by atoms with Crippen molar-refractivity contribution in [2.24, 2.45) is 0 Å². The summed E-state index contributed by atoms with van der Waals surface area (Å²) in [6.07, 6.45) is -1.94. The summed E-state index contributed by atoms with van der Waals surface area (Å²) in [4.78, 5) is 20.5. The number of hydrogen-bond donors (Lipinski definition) is 1. The van der Waals surface area contributed by atoms with Crippen LogP contribution in [0, 0.1) is 5.95 Å². The molecule has 0 spiro atoms. The lowest BCUT2D eigenvalue weighted by molar-refractivity contribution is -0.141. The highest BCUT2D eigenvalue weighted by molar-refractivity contribution is 5.98. The summed E-state index contributed by atoms with van der Waals surface area (Å²) in [5, 5.41) is 6.34. The predicted octanol–water partition coefficient (Wildman–Crippen LogP) is 3.69. The van der Waals surface area contributed by atoms with Crippen LogP contribution < -0.4 is 10.1 Å². The number of carbonyl (C=O) groups is 1. The summed E-state index contributed by atoms with van der Waals surface area (Å²) in [5.74, 6) is -1.95. The molecule has 30 heavy (non-hydrogen) atoms. The molecule has 0 bridgehead atoms. The van der Waals surface area contributed by atoms with Crippen LogP contribution in [0.3, 0.4) is 0 Å². The molecule has 3 aromatic rings. The third-order valence-electron chi connectivity index (χ3n) is 5.16. The van der Waals surface area contributed by atoms with Crippen molar-refractivity contribution in [3.8, 4) is 5.75 Å². The van der Waals surface area contributed by atoms with E-state index in [1.165, 1.54) is 23.9 Å². The van der Waals surface area contributed by atoms with Gasteiger partial charge in [-0.2, -0.15) is 17.6 Å². The van der Waals surface area contributed by atoms with E-state index in [2.05, 4.69) is 20.4 Å². The van der Waals surface area contributed by atoms with Crippen LogP contribution in [0.1, 0.15) is 43.1 Å². The average Bonchev–Trinajstić information content (AvgIpc) is 3.16. The quantitative estimate of drug-likeness (QED) is 0.650. The minimum atomic E-state index is -4.67. The molecule has 1 atom stereocenters. The number of fused-ring (bicyclic) bond motifs is 3. The van der Waals surface area contributed by atoms with E-state index in [0.29, 0.717) is 23.3 Å². The second-order valence-corrected chi connectivity index (χ2v) is 7.70. The van der Waals surface area contributed by atoms with Crippen molar-refractivity contribution in [1.29, 1.82) is 0 Å². The van der Waals surface area contributed by atoms with Crippen LogP contribution >= 0.6 is 0 Å². The number of aromatic nitrogens is 4. The minimum absolute atomic E-state index is 0.00319. The number of hydrogen-bond acceptors (Lipinski definition) is 5. The van der Waals surface area contributed by atoms with Gasteiger partial charge in [-0.1, -0.05) is 13.8 Å². The van der Waals surface area contributed by atoms with Crippen LogP contribution in [0.15, 0.2) is 24.5 Å². The Balaban J connectivity index is 1.72. The smallest absolute Gasteiger partial charge is 0.433 e. The van der Waals surface area contributed by atoms with Gasteiger partial charge in [-0.3, -0.25) is 4.79 Å². The Hall–Kier alpha value is -3.24. The number of nitrogens with zero attached hydrogens (tertiary/aromatic N) is 4. The summed E-state index contributed by atoms with van der Waals surface area (Å²) in [7, 11) is 1.26. The summed E-state index contributed by atoms with van der Waals surface area (Å²) >= 11 is 0. The first kappa shape index (κ1) is 20.0. The number of alkyl halides is 3. The molecule has 1 aliphatic carbocycles. The summed E-state index contributed by atoms with van der Waals surface area (Å²) in [6, 6.07) is 1.91. The zero-order chi connectivity index (χ0) is 21.8. The zero-order valence-electron chi connectivity index (χ0n) is 16.2. The average molecular weight is 423 g/mol. The molecule has 7 nitrogen and oxygen atoms in total. The molecule has 1 N–H and O–H groups in total. The van der Waals surface area contributed by atoms with Gasteiger partial charge in [0, 0.05) is 23.2 Å². The number of rotatable bonds is 3. The van der Waals surface area contributed by atoms with Crippen molar-refractivity contribution >= 4 is 17.2 Å². The van der Waals surface area contributed by atoms with Crippen molar-refractivity contribution in [2.75, 3.05) is 12.4 Å². The van der Waals surface area contributed by atoms with Crippen LogP contribution in [-0.4, -0.2) is 32.6 Å². The second-order valence-electron chi connectivity index (χ2n) is 7.70. The summed E-state index contributed by atoms with van der Waals surface area (Å²) in [6.45, 7) is 3.76. The Labute approximate surface area is 168 Å². The molecule has 0 radical (unpaired) electrons. The maximum absolute atomic E-state index is 13.6. The van der Waals surface area contributed by atoms with E-state index >= 15 is 0 Å². The van der Waals surface area contributed by atoms with Crippen LogP contribution in [0.25, 0.3) is 5.65 Å². The predicted molar refractivity (Wildman–Crippen MR) is 97.7 cm³/mol. The fourth-order valence-electron chi connectivity index (χ4n) is 3.88. The van der Waals surface area contributed by atoms with E-state index in [4.69, 9.17) is 4.74 Å². The SMILES string of the molecule is COc1cnc(C(F)(F)F)cc1NC(=O)C1CC(C)(C)c2c1cnc1cc(F)nn21. The number of amides is 1. The Kier molecular flexibility index (Phi) is 4.44. The van der Waals surface area contributed by atoms with E-state index in [1.807, 2.05) is 13.8 Å². The molecule has 11 heteroatoms. The number of carbonyl (C=O) groups excluding carboxylic acids is 1. The van der Waals surface area contributed by atoms with Gasteiger partial charge in [0.05, 0.1) is 30.6 Å². The van der Waals surface area contributed by atoms with Crippen molar-refractivity contribution in [1.82, 2.24) is 19.6 Å². The Morgan fingerprint density at radius 2 is 2.00 bits per heavy atom. The molecule has 0 saturated heterocycles. The monoisotopic (exact) mass is 423 g/mol. The first-order valence-electron chi connectivity index (χ1n) is 8.98. The second kappa shape index (κ2) is 6.64. The molecule has 0 aliphatic heterocycles. The highest BCUT2D eigenvalue weighted by Gasteiger charge is 2.43. The molecule has 3 aromatic heterocycles. The normalized spacial score (nSPS) is 17.8. The van der Waals surface area contributed by atoms with Crippen LogP contribution in [0.2, 0.25) is 0 Å². The molecule has 158 valence electrons. The van der Waals surface area contributed by atoms with Gasteiger partial charge in [0.15, 0.2) is 11.4 Å². The van der Waals surface area contributed by atoms with Crippen molar-refractivity contribution < 1.29 is 27.1 Å². The lowest BCUT2D eigenvalue weighted by Crippen LogP contribution is -2.22. The molecule has 1 amide bonds. The van der Waals surface area contributed by atoms with Gasteiger partial charge in [0.1, 0.15) is 5.69 Å². The van der Waals surface area contributed by atoms with Gasteiger partial charge >= 0.3 is 6.18 Å². The first-order chi connectivity index (χ1) is 14.0. The minimum Gasteiger partial charge on any atom is -0.493 e. The van der Waals surface area contributed by atoms with Gasteiger partial charge in [-0.25, -0.2) is 14.5 Å². The molecule has 1 unspecified atom stereocenters. The molecule has 0 saturated carbocycles. The standard InChI is InChI=1S/C19H17F4N5O2/c1-18(2)6-9(10-7-25-15-5-14(20)27-28(15)16(10)18)17(29)26-11-4-13(19(21,22)23)24-8-12(11)30-3/h4-5,7-9H,6H2,1-3H3,(H,24,26,29). The Morgan fingerprint density at radius 1 is 1.27 bits per heavy atom. The summed E-state index contributed by atoms with van der Waals surface area (Å²) < 4.78 is 59.1. The van der Waals surface area contributed by atoms with Crippen LogP contribution in [0.4, 0.5) is 23.2 Å². The molecule has 4 rings (SSSR count). The van der Waals surface area contributed by atoms with Gasteiger partial charge in [0.25, 0.3) is 0 Å². The topological polar surface area (TPSA) is 81.4 Å². The maximum Gasteiger partial charge on any atom is 0.433 e. The molecule has 3 heterocycles. The van der Waals surface area contributed by atoms with Crippen molar-refractivity contribution in [3.63, 3.8) is 0 Å². The number of ether oxygens (including phenoxy) is 1. The number of pyridine rings is 1. The fraction of sp³-hybridized carbons (Fsp3) is 0.368. The Morgan fingerprint density at radius 3 is 2.67 bits per heavy atom. The molecule has 1 aliphatic rings. The van der Waals surface area contributed by atoms with Gasteiger partial charge in [-0.05, 0) is 12.5 Å². The van der Waals surface area contributed by atoms with E-state index in [9.17, 15) is 22.4 Å². The van der Waals surface area contributed by atoms with E-state index < -0.39 is 35.1 Å². The van der Waals surface area contributed by atoms with Crippen molar-refractivity contribution in [3.05, 3.63) is 47.4 Å². The number of nitrogens with one attached hydrogen (secondary N) is 1. The van der Waals surface area contributed by atoms with Gasteiger partial charge < -0.3 is 10.1 Å². The lowest BCUT2D eigenvalue weighted by atomic mass is 9.88. The number of methoxy groups -OCH3 is 1. The molecular weight excluding hydrogens is 406 g/mol. The van der Waals surface area contributed by atoms with Gasteiger partial charge in [0.2, 0.25) is 11.9 Å². The van der Waals surface area contributed by atoms with Crippen LogP contribution in [0.5, 0.6) is 5.75 Å². The number of anilines is 1. The fourth-order valence-corrected chi connectivity index (χ4v) is 3.88. The van der Waals surface area contributed by atoms with Gasteiger partial charge in [-0.15, -0.1) is 5.10 Å². The third kappa shape index (κ3) is 3.23. The van der Waals surface area contributed by atoms with Crippen molar-refractivity contribution in [2.45, 2.75) is 37.8 Å². The Bertz CT molecular complexity index is 1160. The highest BCUT2D eigenvalue weighted by atomic mass is 19.4. The van der Waals surface area contributed by atoms with E-state index in [1.54, 1.807) is 0 Å². The van der Waals surface area contributed by atoms with Crippen LogP contribution in [-0.2, 0) is 16.4 Å². The first-order valence-corrected chi connectivity index (χ1v) is 8.98. The maximum atomic E-state index is 13.6. The highest BCUT2D eigenvalue weighted by Crippen LogP contribution is 2.46. The lowest BCUT2D eigenvalue weighted by Gasteiger charge is -2.19. The zero-order valence-corrected chi connectivity index (χ0v) is 16.2. The number of halogens is 4. The molecule has 0 aromatic carbocycles. The van der Waals surface area contributed by atoms with E-state index in [0.717, 1.165) is 12.3 Å². The third-order valence-corrected chi connectivity index (χ3v) is 5.16.